The molecule has 0 atom stereocenters. The first-order chi connectivity index (χ1) is 5.72. The van der Waals surface area contributed by atoms with E-state index >= 15 is 0 Å². The highest BCUT2D eigenvalue weighted by atomic mass is 16.2. The van der Waals surface area contributed by atoms with E-state index in [1.54, 1.807) is 6.92 Å². The lowest BCUT2D eigenvalue weighted by molar-refractivity contribution is 0.109. The fraction of sp³-hybridized carbons (Fsp3) is 0.625. The van der Waals surface area contributed by atoms with E-state index in [2.05, 4.69) is 4.99 Å². The Bertz CT molecular complexity index is 255. The van der Waals surface area contributed by atoms with Crippen molar-refractivity contribution in [3.8, 4) is 0 Å². The number of urea groups is 2. The summed E-state index contributed by atoms with van der Waals surface area (Å²) in [5.41, 5.74) is 0. The summed E-state index contributed by atoms with van der Waals surface area (Å²) in [5.74, 6) is 0. The van der Waals surface area contributed by atoms with Crippen molar-refractivity contribution in [2.24, 2.45) is 4.99 Å². The summed E-state index contributed by atoms with van der Waals surface area (Å²) in [4.78, 5) is 36.6. The number of aliphatic imine (C=N–C) groups is 1. The van der Waals surface area contributed by atoms with Gasteiger partial charge in [0.25, 0.3) is 0 Å². The summed E-state index contributed by atoms with van der Waals surface area (Å²) in [7, 11) is 0. The van der Waals surface area contributed by atoms with Crippen LogP contribution in [0.4, 0.5) is 9.59 Å². The fourth-order valence-corrected chi connectivity index (χ4v) is 0.901. The second kappa shape index (κ2) is 5.88. The number of carbonyl (C=O) groups excluding carboxylic acids is 3. The van der Waals surface area contributed by atoms with E-state index in [1.165, 1.54) is 6.08 Å². The molecule has 6 nitrogen and oxygen atoms in total. The van der Waals surface area contributed by atoms with E-state index in [4.69, 9.17) is 0 Å². The Morgan fingerprint density at radius 3 is 2.07 bits per heavy atom. The Morgan fingerprint density at radius 2 is 1.71 bits per heavy atom. The second-order valence-corrected chi connectivity index (χ2v) is 2.13. The number of hydrogen-bond donors (Lipinski definition) is 0. The molecule has 0 unspecified atom stereocenters. The van der Waals surface area contributed by atoms with Gasteiger partial charge in [0.05, 0.1) is 0 Å². The van der Waals surface area contributed by atoms with Crippen molar-refractivity contribution in [2.75, 3.05) is 13.2 Å². The maximum absolute atomic E-state index is 11.0. The normalized spacial score (nSPS) is 13.5. The van der Waals surface area contributed by atoms with E-state index < -0.39 is 12.1 Å². The molecule has 0 aliphatic carbocycles. The van der Waals surface area contributed by atoms with Gasteiger partial charge in [0.1, 0.15) is 6.67 Å². The number of rotatable bonds is 3. The van der Waals surface area contributed by atoms with Gasteiger partial charge in [-0.2, -0.15) is 4.99 Å². The Labute approximate surface area is 83.2 Å². The smallest absolute Gasteiger partial charge is 0.247 e. The average Bonchev–Trinajstić information content (AvgIpc) is 2.06. The third-order valence-corrected chi connectivity index (χ3v) is 1.52. The molecule has 1 rings (SSSR count). The van der Waals surface area contributed by atoms with Crippen molar-refractivity contribution in [3.05, 3.63) is 0 Å². The molecule has 14 heavy (non-hydrogen) atoms. The number of nitrogens with zero attached hydrogens (tertiary/aromatic N) is 3. The molecule has 1 fully saturated rings. The molecule has 0 spiro atoms. The van der Waals surface area contributed by atoms with Crippen LogP contribution in [0.5, 0.6) is 0 Å². The van der Waals surface area contributed by atoms with E-state index in [9.17, 15) is 14.4 Å². The quantitative estimate of drug-likeness (QED) is 0.512. The van der Waals surface area contributed by atoms with Crippen molar-refractivity contribution in [2.45, 2.75) is 21.8 Å². The molecular formula is C8H15N3O3. The minimum absolute atomic E-state index is 0. The lowest BCUT2D eigenvalue weighted by Gasteiger charge is -2.36. The van der Waals surface area contributed by atoms with Crippen LogP contribution < -0.4 is 0 Å². The molecule has 4 amide bonds. The van der Waals surface area contributed by atoms with E-state index in [0.29, 0.717) is 6.54 Å². The molecule has 0 bridgehead atoms. The molecule has 0 N–H and O–H groups in total. The van der Waals surface area contributed by atoms with Crippen molar-refractivity contribution >= 4 is 18.1 Å². The average molecular weight is 201 g/mol. The maximum Gasteiger partial charge on any atom is 0.337 e. The van der Waals surface area contributed by atoms with Gasteiger partial charge < -0.3 is 0 Å². The van der Waals surface area contributed by atoms with Gasteiger partial charge in [-0.25, -0.2) is 24.2 Å². The van der Waals surface area contributed by atoms with E-state index in [1.807, 2.05) is 0 Å². The van der Waals surface area contributed by atoms with Crippen LogP contribution >= 0.6 is 0 Å². The first-order valence-corrected chi connectivity index (χ1v) is 3.39. The van der Waals surface area contributed by atoms with Gasteiger partial charge in [-0.1, -0.05) is 14.9 Å². The molecule has 1 aliphatic rings. The third kappa shape index (κ3) is 2.17. The number of imide groups is 2. The SMILES string of the molecule is C.C.CCN1C(=O)N(CN=C=O)C1=O. The van der Waals surface area contributed by atoms with Gasteiger partial charge in [-0.15, -0.1) is 0 Å². The third-order valence-electron chi connectivity index (χ3n) is 1.52. The fourth-order valence-electron chi connectivity index (χ4n) is 0.901. The number of hydrogen-bond acceptors (Lipinski definition) is 4. The lowest BCUT2D eigenvalue weighted by Crippen LogP contribution is -2.63. The van der Waals surface area contributed by atoms with E-state index in [0.717, 1.165) is 9.80 Å². The van der Waals surface area contributed by atoms with Gasteiger partial charge in [-0.05, 0) is 6.92 Å². The molecule has 0 aromatic heterocycles. The Morgan fingerprint density at radius 1 is 1.21 bits per heavy atom. The van der Waals surface area contributed by atoms with E-state index in [-0.39, 0.29) is 21.5 Å². The number of isocyanates is 1. The summed E-state index contributed by atoms with van der Waals surface area (Å²) >= 11 is 0. The first-order valence-electron chi connectivity index (χ1n) is 3.39. The lowest BCUT2D eigenvalue weighted by atomic mass is 10.4. The van der Waals surface area contributed by atoms with Gasteiger partial charge in [0, 0.05) is 6.54 Å². The molecule has 0 radical (unpaired) electrons. The second-order valence-electron chi connectivity index (χ2n) is 2.13. The van der Waals surface area contributed by atoms with Crippen molar-refractivity contribution in [1.29, 1.82) is 0 Å². The molecule has 0 aromatic carbocycles. The highest BCUT2D eigenvalue weighted by molar-refractivity contribution is 6.11. The van der Waals surface area contributed by atoms with Crippen LogP contribution in [0.2, 0.25) is 0 Å². The maximum atomic E-state index is 11.0. The monoisotopic (exact) mass is 201 g/mol. The Hall–Kier alpha value is -1.68. The number of carbonyl (C=O) groups is 2. The van der Waals surface area contributed by atoms with Crippen LogP contribution in [0.3, 0.4) is 0 Å². The molecule has 1 heterocycles. The van der Waals surface area contributed by atoms with Crippen LogP contribution in [0, 0.1) is 0 Å². The molecule has 80 valence electrons. The van der Waals surface area contributed by atoms with Gasteiger partial charge in [0.15, 0.2) is 0 Å². The molecule has 1 saturated heterocycles. The summed E-state index contributed by atoms with van der Waals surface area (Å²) in [6.07, 6.45) is 1.25. The van der Waals surface area contributed by atoms with Crippen LogP contribution in [-0.2, 0) is 4.79 Å². The van der Waals surface area contributed by atoms with Crippen molar-refractivity contribution in [3.63, 3.8) is 0 Å². The Balaban J connectivity index is 0. The Kier molecular flexibility index (Phi) is 6.22. The predicted molar refractivity (Wildman–Crippen MR) is 51.5 cm³/mol. The molecular weight excluding hydrogens is 186 g/mol. The van der Waals surface area contributed by atoms with Crippen LogP contribution in [-0.4, -0.2) is 41.2 Å². The van der Waals surface area contributed by atoms with Gasteiger partial charge in [-0.3, -0.25) is 0 Å². The van der Waals surface area contributed by atoms with Crippen molar-refractivity contribution < 1.29 is 14.4 Å². The van der Waals surface area contributed by atoms with Crippen molar-refractivity contribution in [1.82, 2.24) is 9.80 Å². The topological polar surface area (TPSA) is 70.1 Å². The molecule has 6 heteroatoms. The highest BCUT2D eigenvalue weighted by Gasteiger charge is 2.42. The summed E-state index contributed by atoms with van der Waals surface area (Å²) in [6.45, 7) is 1.81. The molecule has 0 aromatic rings. The zero-order valence-electron chi connectivity index (χ0n) is 6.48. The van der Waals surface area contributed by atoms with Gasteiger partial charge in [0.2, 0.25) is 6.08 Å². The van der Waals surface area contributed by atoms with Gasteiger partial charge >= 0.3 is 12.1 Å². The largest absolute Gasteiger partial charge is 0.337 e. The minimum Gasteiger partial charge on any atom is -0.247 e. The van der Waals surface area contributed by atoms with Crippen LogP contribution in [0.1, 0.15) is 21.8 Å². The van der Waals surface area contributed by atoms with Crippen LogP contribution in [0.15, 0.2) is 4.99 Å². The molecule has 0 saturated carbocycles. The standard InChI is InChI=1S/C6H7N3O3.2CH4/c1-2-8-5(11)9(6(8)12)3-7-4-10;;/h2-3H2,1H3;2*1H4. The minimum atomic E-state index is -0.415. The first kappa shape index (κ1) is 14.8. The highest BCUT2D eigenvalue weighted by Crippen LogP contribution is 2.14. The predicted octanol–water partition coefficient (Wildman–Crippen LogP) is 1.43. The number of amides is 4. The zero-order valence-corrected chi connectivity index (χ0v) is 6.48. The molecule has 1 aliphatic heterocycles. The van der Waals surface area contributed by atoms with Crippen LogP contribution in [0.25, 0.3) is 0 Å². The summed E-state index contributed by atoms with van der Waals surface area (Å²) < 4.78 is 0. The zero-order chi connectivity index (χ0) is 9.14. The summed E-state index contributed by atoms with van der Waals surface area (Å²) in [5, 5.41) is 0. The summed E-state index contributed by atoms with van der Waals surface area (Å²) in [6, 6.07) is -0.831.